The number of aromatic hydroxyl groups is 1. The van der Waals surface area contributed by atoms with Gasteiger partial charge in [-0.15, -0.1) is 0 Å². The molecule has 2 aromatic heterocycles. The summed E-state index contributed by atoms with van der Waals surface area (Å²) >= 11 is 0. The smallest absolute Gasteiger partial charge is 0.258 e. The lowest BCUT2D eigenvalue weighted by Gasteiger charge is -2.22. The second-order valence-electron chi connectivity index (χ2n) is 5.40. The van der Waals surface area contributed by atoms with E-state index in [1.807, 2.05) is 0 Å². The highest BCUT2D eigenvalue weighted by Gasteiger charge is 2.14. The fraction of sp³-hybridized carbons (Fsp3) is 0.467. The summed E-state index contributed by atoms with van der Waals surface area (Å²) in [6, 6.07) is 4.77. The molecule has 5 nitrogen and oxygen atoms in total. The summed E-state index contributed by atoms with van der Waals surface area (Å²) in [4.78, 5) is 16.4. The number of aryl methyl sites for hydroxylation is 1. The lowest BCUT2D eigenvalue weighted by atomic mass is 9.92. The normalized spacial score (nSPS) is 16.6. The van der Waals surface area contributed by atoms with Crippen molar-refractivity contribution in [2.45, 2.75) is 25.7 Å². The van der Waals surface area contributed by atoms with Crippen molar-refractivity contribution in [3.63, 3.8) is 0 Å². The maximum Gasteiger partial charge on any atom is 0.258 e. The summed E-state index contributed by atoms with van der Waals surface area (Å²) < 4.78 is 1.38. The summed E-state index contributed by atoms with van der Waals surface area (Å²) in [7, 11) is 0. The maximum atomic E-state index is 12.0. The molecule has 2 N–H and O–H groups in total. The van der Waals surface area contributed by atoms with Crippen molar-refractivity contribution >= 4 is 5.65 Å². The number of nitrogens with one attached hydrogen (secondary N) is 1. The molecule has 0 atom stereocenters. The summed E-state index contributed by atoms with van der Waals surface area (Å²) in [6.07, 6.45) is 5.86. The van der Waals surface area contributed by atoms with E-state index in [4.69, 9.17) is 0 Å². The molecule has 106 valence electrons. The van der Waals surface area contributed by atoms with Crippen LogP contribution in [0.15, 0.2) is 29.2 Å². The molecule has 0 amide bonds. The van der Waals surface area contributed by atoms with Crippen molar-refractivity contribution in [3.8, 4) is 5.75 Å². The van der Waals surface area contributed by atoms with Crippen LogP contribution in [0.3, 0.4) is 0 Å². The predicted octanol–water partition coefficient (Wildman–Crippen LogP) is 1.33. The zero-order chi connectivity index (χ0) is 13.9. The third-order valence-electron chi connectivity index (χ3n) is 3.99. The van der Waals surface area contributed by atoms with Gasteiger partial charge in [0.2, 0.25) is 0 Å². The van der Waals surface area contributed by atoms with E-state index < -0.39 is 0 Å². The molecule has 0 aromatic carbocycles. The molecule has 2 aromatic rings. The topological polar surface area (TPSA) is 66.6 Å². The molecule has 5 heteroatoms. The number of rotatable bonds is 3. The Labute approximate surface area is 117 Å². The standard InChI is InChI=1S/C15H19N3O2/c19-13-2-1-9-18-14(20)10-12(17-15(13)18)4-3-11-5-7-16-8-6-11/h1-2,9-11,16,19H,3-8H2. The number of hydrogen-bond donors (Lipinski definition) is 2. The number of pyridine rings is 1. The van der Waals surface area contributed by atoms with Gasteiger partial charge in [-0.05, 0) is 56.8 Å². The first-order chi connectivity index (χ1) is 9.74. The monoisotopic (exact) mass is 273 g/mol. The van der Waals surface area contributed by atoms with Crippen molar-refractivity contribution in [2.75, 3.05) is 13.1 Å². The van der Waals surface area contributed by atoms with Crippen LogP contribution in [0.25, 0.3) is 5.65 Å². The molecule has 1 aliphatic rings. The van der Waals surface area contributed by atoms with Crippen LogP contribution in [0, 0.1) is 5.92 Å². The molecule has 0 aliphatic carbocycles. The predicted molar refractivity (Wildman–Crippen MR) is 77.0 cm³/mol. The highest BCUT2D eigenvalue weighted by Crippen LogP contribution is 2.19. The molecule has 1 saturated heterocycles. The number of aromatic nitrogens is 2. The van der Waals surface area contributed by atoms with E-state index in [1.165, 1.54) is 17.2 Å². The summed E-state index contributed by atoms with van der Waals surface area (Å²) in [5.74, 6) is 0.759. The average Bonchev–Trinajstić information content (AvgIpc) is 2.47. The van der Waals surface area contributed by atoms with E-state index in [1.54, 1.807) is 24.4 Å². The number of nitrogens with zero attached hydrogens (tertiary/aromatic N) is 2. The Hall–Kier alpha value is -1.88. The fourth-order valence-electron chi connectivity index (χ4n) is 2.81. The van der Waals surface area contributed by atoms with Gasteiger partial charge in [0.05, 0.1) is 0 Å². The van der Waals surface area contributed by atoms with Gasteiger partial charge in [-0.2, -0.15) is 0 Å². The average molecular weight is 273 g/mol. The van der Waals surface area contributed by atoms with Crippen molar-refractivity contribution in [3.05, 3.63) is 40.4 Å². The Morgan fingerprint density at radius 2 is 2.20 bits per heavy atom. The molecule has 0 spiro atoms. The first-order valence-corrected chi connectivity index (χ1v) is 7.15. The van der Waals surface area contributed by atoms with Gasteiger partial charge in [0.15, 0.2) is 11.4 Å². The van der Waals surface area contributed by atoms with Crippen molar-refractivity contribution in [1.29, 1.82) is 0 Å². The van der Waals surface area contributed by atoms with E-state index in [2.05, 4.69) is 10.3 Å². The first kappa shape index (κ1) is 13.1. The summed E-state index contributed by atoms with van der Waals surface area (Å²) in [5, 5.41) is 13.2. The minimum absolute atomic E-state index is 0.0494. The molecule has 1 fully saturated rings. The third-order valence-corrected chi connectivity index (χ3v) is 3.99. The largest absolute Gasteiger partial charge is 0.504 e. The second kappa shape index (κ2) is 5.63. The van der Waals surface area contributed by atoms with E-state index in [0.717, 1.165) is 31.6 Å². The first-order valence-electron chi connectivity index (χ1n) is 7.15. The fourth-order valence-corrected chi connectivity index (χ4v) is 2.81. The zero-order valence-electron chi connectivity index (χ0n) is 11.4. The minimum Gasteiger partial charge on any atom is -0.504 e. The van der Waals surface area contributed by atoms with Crippen LogP contribution >= 0.6 is 0 Å². The molecule has 3 heterocycles. The molecular formula is C15H19N3O2. The van der Waals surface area contributed by atoms with Crippen molar-refractivity contribution in [2.24, 2.45) is 5.92 Å². The number of piperidine rings is 1. The Morgan fingerprint density at radius 1 is 1.40 bits per heavy atom. The highest BCUT2D eigenvalue weighted by atomic mass is 16.3. The Kier molecular flexibility index (Phi) is 3.69. The van der Waals surface area contributed by atoms with Crippen LogP contribution in [-0.4, -0.2) is 27.6 Å². The molecule has 1 aliphatic heterocycles. The molecule has 0 saturated carbocycles. The summed E-state index contributed by atoms with van der Waals surface area (Å²) in [5.41, 5.74) is 0.988. The Balaban J connectivity index is 1.81. The Morgan fingerprint density at radius 3 is 3.00 bits per heavy atom. The van der Waals surface area contributed by atoms with E-state index in [9.17, 15) is 9.90 Å². The molecule has 0 bridgehead atoms. The molecule has 0 radical (unpaired) electrons. The van der Waals surface area contributed by atoms with Gasteiger partial charge in [-0.3, -0.25) is 9.20 Å². The molecule has 3 rings (SSSR count). The van der Waals surface area contributed by atoms with Gasteiger partial charge in [-0.25, -0.2) is 4.98 Å². The van der Waals surface area contributed by atoms with Gasteiger partial charge in [0.1, 0.15) is 0 Å². The van der Waals surface area contributed by atoms with Gasteiger partial charge in [0, 0.05) is 18.0 Å². The lowest BCUT2D eigenvalue weighted by Crippen LogP contribution is -2.28. The molecular weight excluding hydrogens is 254 g/mol. The van der Waals surface area contributed by atoms with E-state index >= 15 is 0 Å². The molecule has 20 heavy (non-hydrogen) atoms. The zero-order valence-corrected chi connectivity index (χ0v) is 11.4. The number of fused-ring (bicyclic) bond motifs is 1. The SMILES string of the molecule is O=c1cc(CCC2CCNCC2)nc2c(O)cccn12. The van der Waals surface area contributed by atoms with Gasteiger partial charge >= 0.3 is 0 Å². The number of hydrogen-bond acceptors (Lipinski definition) is 4. The molecule has 0 unspecified atom stereocenters. The van der Waals surface area contributed by atoms with Crippen LogP contribution < -0.4 is 10.9 Å². The third kappa shape index (κ3) is 2.67. The lowest BCUT2D eigenvalue weighted by molar-refractivity contribution is 0.353. The minimum atomic E-state index is -0.133. The van der Waals surface area contributed by atoms with Crippen molar-refractivity contribution < 1.29 is 5.11 Å². The van der Waals surface area contributed by atoms with E-state index in [0.29, 0.717) is 11.6 Å². The van der Waals surface area contributed by atoms with Crippen LogP contribution in [0.4, 0.5) is 0 Å². The second-order valence-corrected chi connectivity index (χ2v) is 5.40. The van der Waals surface area contributed by atoms with Crippen LogP contribution in [0.2, 0.25) is 0 Å². The van der Waals surface area contributed by atoms with Crippen molar-refractivity contribution in [1.82, 2.24) is 14.7 Å². The van der Waals surface area contributed by atoms with Crippen LogP contribution in [0.1, 0.15) is 25.0 Å². The highest BCUT2D eigenvalue weighted by molar-refractivity contribution is 5.52. The van der Waals surface area contributed by atoms with Gasteiger partial charge in [-0.1, -0.05) is 0 Å². The van der Waals surface area contributed by atoms with E-state index in [-0.39, 0.29) is 11.3 Å². The quantitative estimate of drug-likeness (QED) is 0.885. The van der Waals surface area contributed by atoms with Crippen LogP contribution in [-0.2, 0) is 6.42 Å². The summed E-state index contributed by atoms with van der Waals surface area (Å²) in [6.45, 7) is 2.17. The van der Waals surface area contributed by atoms with Crippen LogP contribution in [0.5, 0.6) is 5.75 Å². The Bertz CT molecular complexity index is 660. The van der Waals surface area contributed by atoms with Gasteiger partial charge < -0.3 is 10.4 Å². The maximum absolute atomic E-state index is 12.0. The van der Waals surface area contributed by atoms with Gasteiger partial charge in [0.25, 0.3) is 5.56 Å².